The molecule has 30 heavy (non-hydrogen) atoms. The summed E-state index contributed by atoms with van der Waals surface area (Å²) >= 11 is 0. The number of hydrogen-bond donors (Lipinski definition) is 0. The number of rotatable bonds is 4. The molecule has 1 atom stereocenters. The third-order valence-corrected chi connectivity index (χ3v) is 7.24. The molecule has 1 amide bonds. The van der Waals surface area contributed by atoms with Crippen LogP contribution in [0.3, 0.4) is 0 Å². The SMILES string of the molecule is Cc1cccc(C(=O)N2CCC3(CC2)C[C@H](N2CCN(CC(C)C)CC2)CCO3)c1. The van der Waals surface area contributed by atoms with E-state index in [-0.39, 0.29) is 11.5 Å². The number of likely N-dealkylation sites (tertiary alicyclic amines) is 1. The largest absolute Gasteiger partial charge is 0.375 e. The molecule has 4 rings (SSSR count). The maximum Gasteiger partial charge on any atom is 0.253 e. The summed E-state index contributed by atoms with van der Waals surface area (Å²) < 4.78 is 6.38. The Morgan fingerprint density at radius 3 is 2.53 bits per heavy atom. The lowest BCUT2D eigenvalue weighted by atomic mass is 9.81. The summed E-state index contributed by atoms with van der Waals surface area (Å²) in [6, 6.07) is 8.59. The van der Waals surface area contributed by atoms with Crippen LogP contribution >= 0.6 is 0 Å². The fourth-order valence-corrected chi connectivity index (χ4v) is 5.57. The first-order valence-corrected chi connectivity index (χ1v) is 11.9. The monoisotopic (exact) mass is 413 g/mol. The van der Waals surface area contributed by atoms with Gasteiger partial charge in [-0.15, -0.1) is 0 Å². The van der Waals surface area contributed by atoms with Crippen molar-refractivity contribution in [3.8, 4) is 0 Å². The molecule has 1 aromatic carbocycles. The zero-order valence-corrected chi connectivity index (χ0v) is 19.1. The van der Waals surface area contributed by atoms with Crippen LogP contribution in [0.25, 0.3) is 0 Å². The van der Waals surface area contributed by atoms with E-state index in [2.05, 4.69) is 23.6 Å². The minimum Gasteiger partial charge on any atom is -0.375 e. The molecule has 0 N–H and O–H groups in total. The van der Waals surface area contributed by atoms with Gasteiger partial charge in [-0.05, 0) is 50.7 Å². The standard InChI is InChI=1S/C25H39N3O2/c1-20(2)19-26-12-14-27(15-13-26)23-7-16-30-25(18-23)8-10-28(11-9-25)24(29)22-6-4-5-21(3)17-22/h4-6,17,20,23H,7-16,18-19H2,1-3H3/t23-/m1/s1. The molecule has 0 radical (unpaired) electrons. The number of aryl methyl sites for hydroxylation is 1. The van der Waals surface area contributed by atoms with Crippen LogP contribution in [0.1, 0.15) is 55.5 Å². The Kier molecular flexibility index (Phi) is 6.81. The Balaban J connectivity index is 1.30. The lowest BCUT2D eigenvalue weighted by molar-refractivity contribution is -0.132. The molecule has 5 heteroatoms. The molecule has 3 aliphatic heterocycles. The van der Waals surface area contributed by atoms with Crippen molar-refractivity contribution in [1.29, 1.82) is 0 Å². The summed E-state index contributed by atoms with van der Waals surface area (Å²) in [6.07, 6.45) is 4.21. The number of carbonyl (C=O) groups is 1. The first kappa shape index (κ1) is 21.8. The van der Waals surface area contributed by atoms with Gasteiger partial charge < -0.3 is 14.5 Å². The van der Waals surface area contributed by atoms with Gasteiger partial charge in [0.25, 0.3) is 5.91 Å². The van der Waals surface area contributed by atoms with E-state index in [1.807, 2.05) is 36.1 Å². The van der Waals surface area contributed by atoms with Gasteiger partial charge in [0, 0.05) is 64.0 Å². The van der Waals surface area contributed by atoms with E-state index in [0.29, 0.717) is 6.04 Å². The minimum atomic E-state index is -0.0264. The van der Waals surface area contributed by atoms with Crippen LogP contribution in [-0.2, 0) is 4.74 Å². The molecule has 5 nitrogen and oxygen atoms in total. The normalized spacial score (nSPS) is 25.7. The van der Waals surface area contributed by atoms with E-state index < -0.39 is 0 Å². The molecular weight excluding hydrogens is 374 g/mol. The van der Waals surface area contributed by atoms with Crippen molar-refractivity contribution in [2.24, 2.45) is 5.92 Å². The van der Waals surface area contributed by atoms with E-state index in [1.54, 1.807) is 0 Å². The average Bonchev–Trinajstić information content (AvgIpc) is 2.74. The van der Waals surface area contributed by atoms with Crippen molar-refractivity contribution in [3.05, 3.63) is 35.4 Å². The van der Waals surface area contributed by atoms with E-state index in [0.717, 1.165) is 62.4 Å². The van der Waals surface area contributed by atoms with E-state index >= 15 is 0 Å². The number of piperazine rings is 1. The fraction of sp³-hybridized carbons (Fsp3) is 0.720. The van der Waals surface area contributed by atoms with Crippen LogP contribution in [0.2, 0.25) is 0 Å². The Morgan fingerprint density at radius 2 is 1.87 bits per heavy atom. The Morgan fingerprint density at radius 1 is 1.13 bits per heavy atom. The Labute approximate surface area is 182 Å². The van der Waals surface area contributed by atoms with Crippen molar-refractivity contribution in [2.45, 2.75) is 58.1 Å². The van der Waals surface area contributed by atoms with E-state index in [9.17, 15) is 4.79 Å². The maximum atomic E-state index is 12.9. The van der Waals surface area contributed by atoms with Gasteiger partial charge in [-0.3, -0.25) is 9.69 Å². The lowest BCUT2D eigenvalue weighted by Gasteiger charge is -2.49. The summed E-state index contributed by atoms with van der Waals surface area (Å²) in [7, 11) is 0. The molecule has 0 aromatic heterocycles. The quantitative estimate of drug-likeness (QED) is 0.758. The Bertz CT molecular complexity index is 719. The number of carbonyl (C=O) groups excluding carboxylic acids is 1. The molecular formula is C25H39N3O2. The summed E-state index contributed by atoms with van der Waals surface area (Å²) in [5, 5.41) is 0. The van der Waals surface area contributed by atoms with Crippen molar-refractivity contribution >= 4 is 5.91 Å². The molecule has 166 valence electrons. The number of hydrogen-bond acceptors (Lipinski definition) is 4. The lowest BCUT2D eigenvalue weighted by Crippen LogP contribution is -2.57. The second kappa shape index (κ2) is 9.37. The zero-order chi connectivity index (χ0) is 21.1. The topological polar surface area (TPSA) is 36.0 Å². The van der Waals surface area contributed by atoms with Crippen LogP contribution in [0.15, 0.2) is 24.3 Å². The smallest absolute Gasteiger partial charge is 0.253 e. The minimum absolute atomic E-state index is 0.0264. The molecule has 0 aliphatic carbocycles. The van der Waals surface area contributed by atoms with Gasteiger partial charge in [0.1, 0.15) is 0 Å². The van der Waals surface area contributed by atoms with Gasteiger partial charge in [-0.1, -0.05) is 31.5 Å². The van der Waals surface area contributed by atoms with Crippen LogP contribution in [-0.4, -0.2) is 84.7 Å². The third-order valence-electron chi connectivity index (χ3n) is 7.24. The predicted molar refractivity (Wildman–Crippen MR) is 121 cm³/mol. The van der Waals surface area contributed by atoms with Crippen LogP contribution in [0, 0.1) is 12.8 Å². The molecule has 3 aliphatic rings. The molecule has 3 heterocycles. The van der Waals surface area contributed by atoms with Gasteiger partial charge in [-0.2, -0.15) is 0 Å². The Hall–Kier alpha value is -1.43. The molecule has 0 saturated carbocycles. The first-order valence-electron chi connectivity index (χ1n) is 11.9. The number of benzene rings is 1. The summed E-state index contributed by atoms with van der Waals surface area (Å²) in [5.41, 5.74) is 1.93. The van der Waals surface area contributed by atoms with E-state index in [4.69, 9.17) is 4.74 Å². The number of nitrogens with zero attached hydrogens (tertiary/aromatic N) is 3. The number of ether oxygens (including phenoxy) is 1. The fourth-order valence-electron chi connectivity index (χ4n) is 5.57. The van der Waals surface area contributed by atoms with Gasteiger partial charge in [0.05, 0.1) is 5.60 Å². The highest BCUT2D eigenvalue weighted by atomic mass is 16.5. The van der Waals surface area contributed by atoms with Crippen LogP contribution in [0.4, 0.5) is 0 Å². The molecule has 1 spiro atoms. The molecule has 0 bridgehead atoms. The van der Waals surface area contributed by atoms with Crippen molar-refractivity contribution in [3.63, 3.8) is 0 Å². The highest BCUT2D eigenvalue weighted by Crippen LogP contribution is 2.37. The predicted octanol–water partition coefficient (Wildman–Crippen LogP) is 3.42. The van der Waals surface area contributed by atoms with Crippen molar-refractivity contribution in [2.75, 3.05) is 52.4 Å². The van der Waals surface area contributed by atoms with E-state index in [1.165, 1.54) is 32.7 Å². The summed E-state index contributed by atoms with van der Waals surface area (Å²) in [5.74, 6) is 0.915. The van der Waals surface area contributed by atoms with Gasteiger partial charge >= 0.3 is 0 Å². The molecule has 3 saturated heterocycles. The molecule has 1 aromatic rings. The highest BCUT2D eigenvalue weighted by Gasteiger charge is 2.43. The van der Waals surface area contributed by atoms with Crippen molar-refractivity contribution in [1.82, 2.24) is 14.7 Å². The third kappa shape index (κ3) is 5.06. The van der Waals surface area contributed by atoms with Gasteiger partial charge in [0.2, 0.25) is 0 Å². The second-order valence-electron chi connectivity index (χ2n) is 10.1. The second-order valence-corrected chi connectivity index (χ2v) is 10.1. The highest BCUT2D eigenvalue weighted by molar-refractivity contribution is 5.94. The van der Waals surface area contributed by atoms with Crippen LogP contribution < -0.4 is 0 Å². The van der Waals surface area contributed by atoms with Gasteiger partial charge in [-0.25, -0.2) is 0 Å². The maximum absolute atomic E-state index is 12.9. The first-order chi connectivity index (χ1) is 14.4. The van der Waals surface area contributed by atoms with Crippen molar-refractivity contribution < 1.29 is 9.53 Å². The molecule has 3 fully saturated rings. The summed E-state index contributed by atoms with van der Waals surface area (Å²) in [6.45, 7) is 15.1. The summed E-state index contributed by atoms with van der Waals surface area (Å²) in [4.78, 5) is 20.3. The number of amides is 1. The van der Waals surface area contributed by atoms with Gasteiger partial charge in [0.15, 0.2) is 0 Å². The average molecular weight is 414 g/mol. The number of piperidine rings is 1. The molecule has 0 unspecified atom stereocenters. The van der Waals surface area contributed by atoms with Crippen LogP contribution in [0.5, 0.6) is 0 Å². The zero-order valence-electron chi connectivity index (χ0n) is 19.1.